The van der Waals surface area contributed by atoms with Crippen molar-refractivity contribution >= 4 is 45.3 Å². The summed E-state index contributed by atoms with van der Waals surface area (Å²) in [6.45, 7) is 6.82. The molecule has 3 rings (SSSR count). The Kier molecular flexibility index (Phi) is 6.14. The summed E-state index contributed by atoms with van der Waals surface area (Å²) in [4.78, 5) is 13.7. The molecule has 1 aromatic heterocycles. The SMILES string of the molecule is CCOC(=O)c1c(NC(=S)Nc2ccccc2)sc2c1CC(C)(CC)OC2. The Morgan fingerprint density at radius 2 is 2.04 bits per heavy atom. The van der Waals surface area contributed by atoms with Crippen LogP contribution in [-0.4, -0.2) is 23.3 Å². The Bertz CT molecular complexity index is 835. The van der Waals surface area contributed by atoms with Gasteiger partial charge < -0.3 is 20.1 Å². The number of thiophene rings is 1. The molecule has 0 saturated carbocycles. The number of hydrogen-bond donors (Lipinski definition) is 2. The molecular weight excluding hydrogens is 380 g/mol. The highest BCUT2D eigenvalue weighted by Gasteiger charge is 2.35. The Hall–Kier alpha value is -1.96. The summed E-state index contributed by atoms with van der Waals surface area (Å²) in [7, 11) is 0. The first-order valence-corrected chi connectivity index (χ1v) is 10.3. The van der Waals surface area contributed by atoms with E-state index >= 15 is 0 Å². The third-order valence-corrected chi connectivity index (χ3v) is 6.00. The summed E-state index contributed by atoms with van der Waals surface area (Å²) in [5, 5.41) is 7.46. The third-order valence-electron chi connectivity index (χ3n) is 4.68. The van der Waals surface area contributed by atoms with Gasteiger partial charge in [0.25, 0.3) is 0 Å². The Balaban J connectivity index is 1.88. The van der Waals surface area contributed by atoms with Crippen LogP contribution in [0.4, 0.5) is 10.7 Å². The lowest BCUT2D eigenvalue weighted by molar-refractivity contribution is -0.0548. The molecule has 1 aliphatic heterocycles. The number of hydrogen-bond acceptors (Lipinski definition) is 5. The molecule has 1 atom stereocenters. The lowest BCUT2D eigenvalue weighted by Gasteiger charge is -2.33. The van der Waals surface area contributed by atoms with E-state index in [9.17, 15) is 4.79 Å². The van der Waals surface area contributed by atoms with Crippen LogP contribution in [0.5, 0.6) is 0 Å². The van der Waals surface area contributed by atoms with E-state index in [1.165, 1.54) is 11.3 Å². The zero-order valence-electron chi connectivity index (χ0n) is 15.8. The van der Waals surface area contributed by atoms with Gasteiger partial charge in [0.15, 0.2) is 5.11 Å². The van der Waals surface area contributed by atoms with Gasteiger partial charge in [0.1, 0.15) is 5.00 Å². The maximum Gasteiger partial charge on any atom is 0.341 e. The third kappa shape index (κ3) is 4.48. The predicted octanol–water partition coefficient (Wildman–Crippen LogP) is 4.98. The van der Waals surface area contributed by atoms with Gasteiger partial charge in [-0.1, -0.05) is 25.1 Å². The van der Waals surface area contributed by atoms with Gasteiger partial charge in [-0.05, 0) is 50.2 Å². The van der Waals surface area contributed by atoms with Crippen molar-refractivity contribution in [3.63, 3.8) is 0 Å². The molecule has 0 aliphatic carbocycles. The zero-order chi connectivity index (χ0) is 19.4. The van der Waals surface area contributed by atoms with Gasteiger partial charge in [-0.2, -0.15) is 0 Å². The molecule has 7 heteroatoms. The molecule has 1 unspecified atom stereocenters. The highest BCUT2D eigenvalue weighted by Crippen LogP contribution is 2.41. The van der Waals surface area contributed by atoms with E-state index in [0.717, 1.165) is 22.5 Å². The number of rotatable bonds is 5. The number of thiocarbonyl (C=S) groups is 1. The van der Waals surface area contributed by atoms with Crippen molar-refractivity contribution in [2.75, 3.05) is 17.2 Å². The second-order valence-electron chi connectivity index (χ2n) is 6.64. The Labute approximate surface area is 169 Å². The number of ether oxygens (including phenoxy) is 2. The predicted molar refractivity (Wildman–Crippen MR) is 114 cm³/mol. The van der Waals surface area contributed by atoms with E-state index in [0.29, 0.717) is 35.3 Å². The lowest BCUT2D eigenvalue weighted by atomic mass is 9.89. The molecule has 144 valence electrons. The molecule has 1 aliphatic rings. The zero-order valence-corrected chi connectivity index (χ0v) is 17.4. The number of esters is 1. The number of carbonyl (C=O) groups is 1. The first kappa shape index (κ1) is 19.8. The van der Waals surface area contributed by atoms with Crippen molar-refractivity contribution in [1.29, 1.82) is 0 Å². The Morgan fingerprint density at radius 1 is 1.30 bits per heavy atom. The monoisotopic (exact) mass is 404 g/mol. The maximum absolute atomic E-state index is 12.7. The molecular formula is C20H24N2O3S2. The van der Waals surface area contributed by atoms with Crippen LogP contribution >= 0.6 is 23.6 Å². The molecule has 0 saturated heterocycles. The summed E-state index contributed by atoms with van der Waals surface area (Å²) >= 11 is 6.94. The van der Waals surface area contributed by atoms with Crippen LogP contribution in [-0.2, 0) is 22.5 Å². The molecule has 0 radical (unpaired) electrons. The van der Waals surface area contributed by atoms with Gasteiger partial charge in [-0.25, -0.2) is 4.79 Å². The average Bonchev–Trinajstić information content (AvgIpc) is 2.99. The number of para-hydroxylation sites is 1. The van der Waals surface area contributed by atoms with Gasteiger partial charge in [0.2, 0.25) is 0 Å². The average molecular weight is 405 g/mol. The van der Waals surface area contributed by atoms with E-state index in [1.54, 1.807) is 0 Å². The molecule has 1 aromatic carbocycles. The molecule has 0 fully saturated rings. The van der Waals surface area contributed by atoms with Crippen molar-refractivity contribution in [3.05, 3.63) is 46.3 Å². The summed E-state index contributed by atoms with van der Waals surface area (Å²) in [5.41, 5.74) is 2.21. The smallest absolute Gasteiger partial charge is 0.341 e. The lowest BCUT2D eigenvalue weighted by Crippen LogP contribution is -2.34. The van der Waals surface area contributed by atoms with Crippen molar-refractivity contribution in [2.45, 2.75) is 45.8 Å². The van der Waals surface area contributed by atoms with Crippen molar-refractivity contribution < 1.29 is 14.3 Å². The van der Waals surface area contributed by atoms with Crippen LogP contribution in [0.3, 0.4) is 0 Å². The fourth-order valence-electron chi connectivity index (χ4n) is 3.00. The molecule has 0 spiro atoms. The quantitative estimate of drug-likeness (QED) is 0.542. The Morgan fingerprint density at radius 3 is 2.70 bits per heavy atom. The van der Waals surface area contributed by atoms with Crippen LogP contribution in [0.1, 0.15) is 48.0 Å². The van der Waals surface area contributed by atoms with E-state index < -0.39 is 0 Å². The summed E-state index contributed by atoms with van der Waals surface area (Å²) in [6.07, 6.45) is 1.56. The van der Waals surface area contributed by atoms with Gasteiger partial charge in [0, 0.05) is 17.0 Å². The van der Waals surface area contributed by atoms with E-state index in [1.807, 2.05) is 37.3 Å². The minimum Gasteiger partial charge on any atom is -0.462 e. The van der Waals surface area contributed by atoms with E-state index in [4.69, 9.17) is 21.7 Å². The second-order valence-corrected chi connectivity index (χ2v) is 8.16. The van der Waals surface area contributed by atoms with E-state index in [2.05, 4.69) is 24.5 Å². The fourth-order valence-corrected chi connectivity index (χ4v) is 4.41. The maximum atomic E-state index is 12.7. The summed E-state index contributed by atoms with van der Waals surface area (Å²) in [6, 6.07) is 9.67. The van der Waals surface area contributed by atoms with Crippen LogP contribution in [0.2, 0.25) is 0 Å². The molecule has 0 amide bonds. The summed E-state index contributed by atoms with van der Waals surface area (Å²) in [5.74, 6) is -0.319. The first-order chi connectivity index (χ1) is 13.0. The number of benzene rings is 1. The highest BCUT2D eigenvalue weighted by atomic mass is 32.1. The van der Waals surface area contributed by atoms with Gasteiger partial charge in [0.05, 0.1) is 24.4 Å². The van der Waals surface area contributed by atoms with E-state index in [-0.39, 0.29) is 11.6 Å². The van der Waals surface area contributed by atoms with Crippen molar-refractivity contribution in [2.24, 2.45) is 0 Å². The summed E-state index contributed by atoms with van der Waals surface area (Å²) < 4.78 is 11.3. The molecule has 2 aromatic rings. The topological polar surface area (TPSA) is 59.6 Å². The van der Waals surface area contributed by atoms with Crippen LogP contribution in [0.15, 0.2) is 30.3 Å². The van der Waals surface area contributed by atoms with Gasteiger partial charge in [-0.15, -0.1) is 11.3 Å². The molecule has 2 N–H and O–H groups in total. The molecule has 2 heterocycles. The first-order valence-electron chi connectivity index (χ1n) is 9.04. The van der Waals surface area contributed by atoms with Crippen molar-refractivity contribution in [3.8, 4) is 0 Å². The number of fused-ring (bicyclic) bond motifs is 1. The van der Waals surface area contributed by atoms with Crippen LogP contribution in [0.25, 0.3) is 0 Å². The van der Waals surface area contributed by atoms with Gasteiger partial charge in [-0.3, -0.25) is 0 Å². The number of anilines is 2. The highest BCUT2D eigenvalue weighted by molar-refractivity contribution is 7.80. The fraction of sp³-hybridized carbons (Fsp3) is 0.400. The van der Waals surface area contributed by atoms with Crippen LogP contribution < -0.4 is 10.6 Å². The van der Waals surface area contributed by atoms with Crippen molar-refractivity contribution in [1.82, 2.24) is 0 Å². The molecule has 27 heavy (non-hydrogen) atoms. The second kappa shape index (κ2) is 8.37. The minimum absolute atomic E-state index is 0.268. The largest absolute Gasteiger partial charge is 0.462 e. The van der Waals surface area contributed by atoms with Gasteiger partial charge >= 0.3 is 5.97 Å². The molecule has 0 bridgehead atoms. The normalized spacial score (nSPS) is 18.5. The standard InChI is InChI=1S/C20H24N2O3S2/c1-4-20(3)11-14-15(12-25-20)27-17(16(14)18(23)24-5-2)22-19(26)21-13-9-7-6-8-10-13/h6-10H,4-5,11-12H2,1-3H3,(H2,21,22,26). The van der Waals surface area contributed by atoms with Crippen LogP contribution in [0, 0.1) is 0 Å². The minimum atomic E-state index is -0.319. The number of carbonyl (C=O) groups excluding carboxylic acids is 1. The molecule has 5 nitrogen and oxygen atoms in total. The number of nitrogens with one attached hydrogen (secondary N) is 2.